The van der Waals surface area contributed by atoms with Crippen LogP contribution in [0.4, 0.5) is 4.79 Å². The van der Waals surface area contributed by atoms with Crippen LogP contribution < -0.4 is 0 Å². The predicted octanol–water partition coefficient (Wildman–Crippen LogP) is 1.70. The molecular formula is C10H18O5. The molecule has 0 aliphatic carbocycles. The van der Waals surface area contributed by atoms with Gasteiger partial charge in [-0.15, -0.1) is 0 Å². The average molecular weight is 218 g/mol. The van der Waals surface area contributed by atoms with Crippen LogP contribution in [0, 0.1) is 0 Å². The number of ether oxygens (including phenoxy) is 4. The van der Waals surface area contributed by atoms with Crippen LogP contribution in [0.2, 0.25) is 0 Å². The summed E-state index contributed by atoms with van der Waals surface area (Å²) >= 11 is 0. The smallest absolute Gasteiger partial charge is 0.438 e. The first-order valence-electron chi connectivity index (χ1n) is 5.18. The predicted molar refractivity (Wildman–Crippen MR) is 52.5 cm³/mol. The number of rotatable bonds is 3. The third-order valence-electron chi connectivity index (χ3n) is 2.57. The minimum absolute atomic E-state index is 0.358. The average Bonchev–Trinajstić information content (AvgIpc) is 2.30. The zero-order chi connectivity index (χ0) is 11.3. The molecule has 1 rings (SSSR count). The summed E-state index contributed by atoms with van der Waals surface area (Å²) in [4.78, 5) is 10.8. The SMILES string of the molecule is CCC1(CC)OCC(OC(=O)OC)CO1. The lowest BCUT2D eigenvalue weighted by Crippen LogP contribution is -2.46. The fourth-order valence-electron chi connectivity index (χ4n) is 1.49. The normalized spacial score (nSPS) is 21.0. The summed E-state index contributed by atoms with van der Waals surface area (Å²) in [5.41, 5.74) is 0. The molecule has 1 heterocycles. The zero-order valence-corrected chi connectivity index (χ0v) is 9.45. The van der Waals surface area contributed by atoms with Crippen LogP contribution in [0.25, 0.3) is 0 Å². The van der Waals surface area contributed by atoms with E-state index in [-0.39, 0.29) is 6.10 Å². The van der Waals surface area contributed by atoms with E-state index < -0.39 is 11.9 Å². The first-order valence-corrected chi connectivity index (χ1v) is 5.18. The standard InChI is InChI=1S/C10H18O5/c1-4-10(5-2)13-6-8(7-14-10)15-9(11)12-3/h8H,4-7H2,1-3H3. The van der Waals surface area contributed by atoms with Crippen molar-refractivity contribution >= 4 is 6.16 Å². The van der Waals surface area contributed by atoms with Gasteiger partial charge in [0.05, 0.1) is 20.3 Å². The van der Waals surface area contributed by atoms with E-state index in [4.69, 9.17) is 14.2 Å². The Balaban J connectivity index is 2.38. The van der Waals surface area contributed by atoms with Crippen molar-refractivity contribution in [2.45, 2.75) is 38.6 Å². The lowest BCUT2D eigenvalue weighted by Gasteiger charge is -2.38. The highest BCUT2D eigenvalue weighted by molar-refractivity contribution is 5.59. The lowest BCUT2D eigenvalue weighted by atomic mass is 10.1. The minimum atomic E-state index is -0.701. The maximum absolute atomic E-state index is 10.8. The molecule has 0 bridgehead atoms. The van der Waals surface area contributed by atoms with Crippen molar-refractivity contribution in [3.8, 4) is 0 Å². The number of carbonyl (C=O) groups excluding carboxylic acids is 1. The Morgan fingerprint density at radius 3 is 2.27 bits per heavy atom. The van der Waals surface area contributed by atoms with Crippen LogP contribution in [0.5, 0.6) is 0 Å². The minimum Gasteiger partial charge on any atom is -0.438 e. The summed E-state index contributed by atoms with van der Waals surface area (Å²) in [6.07, 6.45) is 0.500. The van der Waals surface area contributed by atoms with Gasteiger partial charge in [-0.1, -0.05) is 13.8 Å². The van der Waals surface area contributed by atoms with Gasteiger partial charge >= 0.3 is 6.16 Å². The van der Waals surface area contributed by atoms with Gasteiger partial charge in [0.15, 0.2) is 11.9 Å². The maximum Gasteiger partial charge on any atom is 0.508 e. The Labute approximate surface area is 89.6 Å². The van der Waals surface area contributed by atoms with Crippen molar-refractivity contribution in [1.29, 1.82) is 0 Å². The van der Waals surface area contributed by atoms with Gasteiger partial charge < -0.3 is 18.9 Å². The molecule has 5 nitrogen and oxygen atoms in total. The van der Waals surface area contributed by atoms with Crippen LogP contribution >= 0.6 is 0 Å². The third kappa shape index (κ3) is 3.07. The van der Waals surface area contributed by atoms with E-state index in [1.165, 1.54) is 7.11 Å². The van der Waals surface area contributed by atoms with E-state index in [0.717, 1.165) is 12.8 Å². The fraction of sp³-hybridized carbons (Fsp3) is 0.900. The molecule has 0 aromatic heterocycles. The van der Waals surface area contributed by atoms with Crippen LogP contribution in [0.3, 0.4) is 0 Å². The quantitative estimate of drug-likeness (QED) is 0.675. The van der Waals surface area contributed by atoms with Crippen molar-refractivity contribution in [1.82, 2.24) is 0 Å². The van der Waals surface area contributed by atoms with Crippen molar-refractivity contribution in [3.63, 3.8) is 0 Å². The summed E-state index contributed by atoms with van der Waals surface area (Å²) in [5.74, 6) is -0.504. The Hall–Kier alpha value is -0.810. The molecule has 0 saturated carbocycles. The van der Waals surface area contributed by atoms with Crippen LogP contribution in [0.1, 0.15) is 26.7 Å². The number of hydrogen-bond acceptors (Lipinski definition) is 5. The van der Waals surface area contributed by atoms with Crippen molar-refractivity contribution in [2.75, 3.05) is 20.3 Å². The molecular weight excluding hydrogens is 200 g/mol. The van der Waals surface area contributed by atoms with E-state index in [2.05, 4.69) is 4.74 Å². The Bertz CT molecular complexity index is 202. The van der Waals surface area contributed by atoms with Crippen LogP contribution in [0.15, 0.2) is 0 Å². The molecule has 15 heavy (non-hydrogen) atoms. The summed E-state index contributed by atoms with van der Waals surface area (Å²) in [6.45, 7) is 4.73. The second-order valence-electron chi connectivity index (χ2n) is 3.43. The van der Waals surface area contributed by atoms with Gasteiger partial charge in [-0.2, -0.15) is 0 Å². The van der Waals surface area contributed by atoms with E-state index in [1.54, 1.807) is 0 Å². The number of methoxy groups -OCH3 is 1. The van der Waals surface area contributed by atoms with Gasteiger partial charge in [-0.3, -0.25) is 0 Å². The molecule has 0 N–H and O–H groups in total. The highest BCUT2D eigenvalue weighted by Crippen LogP contribution is 2.26. The molecule has 0 radical (unpaired) electrons. The van der Waals surface area contributed by atoms with Gasteiger partial charge in [0, 0.05) is 0 Å². The molecule has 88 valence electrons. The number of carbonyl (C=O) groups is 1. The van der Waals surface area contributed by atoms with Crippen molar-refractivity contribution < 1.29 is 23.7 Å². The van der Waals surface area contributed by atoms with Crippen LogP contribution in [-0.4, -0.2) is 38.4 Å². The van der Waals surface area contributed by atoms with E-state index in [0.29, 0.717) is 13.2 Å². The molecule has 0 aromatic rings. The molecule has 0 spiro atoms. The van der Waals surface area contributed by atoms with Crippen molar-refractivity contribution in [3.05, 3.63) is 0 Å². The second kappa shape index (κ2) is 5.32. The van der Waals surface area contributed by atoms with E-state index in [9.17, 15) is 4.79 Å². The molecule has 1 aliphatic heterocycles. The highest BCUT2D eigenvalue weighted by atomic mass is 16.8. The topological polar surface area (TPSA) is 54.0 Å². The summed E-state index contributed by atoms with van der Waals surface area (Å²) in [5, 5.41) is 0. The second-order valence-corrected chi connectivity index (χ2v) is 3.43. The molecule has 5 heteroatoms. The largest absolute Gasteiger partial charge is 0.508 e. The summed E-state index contributed by atoms with van der Waals surface area (Å²) in [7, 11) is 1.27. The fourth-order valence-corrected chi connectivity index (χ4v) is 1.49. The van der Waals surface area contributed by atoms with Crippen LogP contribution in [-0.2, 0) is 18.9 Å². The van der Waals surface area contributed by atoms with Gasteiger partial charge in [0.1, 0.15) is 0 Å². The van der Waals surface area contributed by atoms with E-state index >= 15 is 0 Å². The summed E-state index contributed by atoms with van der Waals surface area (Å²) in [6, 6.07) is 0. The van der Waals surface area contributed by atoms with Gasteiger partial charge in [-0.25, -0.2) is 4.79 Å². The first kappa shape index (κ1) is 12.3. The molecule has 1 aliphatic rings. The molecule has 1 fully saturated rings. The Morgan fingerprint density at radius 1 is 1.33 bits per heavy atom. The highest BCUT2D eigenvalue weighted by Gasteiger charge is 2.35. The first-order chi connectivity index (χ1) is 7.15. The summed E-state index contributed by atoms with van der Waals surface area (Å²) < 4.78 is 20.4. The Morgan fingerprint density at radius 2 is 1.87 bits per heavy atom. The number of hydrogen-bond donors (Lipinski definition) is 0. The maximum atomic E-state index is 10.8. The zero-order valence-electron chi connectivity index (χ0n) is 9.45. The molecule has 0 unspecified atom stereocenters. The Kier molecular flexibility index (Phi) is 4.35. The monoisotopic (exact) mass is 218 g/mol. The van der Waals surface area contributed by atoms with Crippen molar-refractivity contribution in [2.24, 2.45) is 0 Å². The van der Waals surface area contributed by atoms with Gasteiger partial charge in [0.25, 0.3) is 0 Å². The molecule has 0 aromatic carbocycles. The van der Waals surface area contributed by atoms with Gasteiger partial charge in [-0.05, 0) is 12.8 Å². The lowest BCUT2D eigenvalue weighted by molar-refractivity contribution is -0.295. The molecule has 1 saturated heterocycles. The third-order valence-corrected chi connectivity index (χ3v) is 2.57. The molecule has 0 atom stereocenters. The molecule has 0 amide bonds. The van der Waals surface area contributed by atoms with Gasteiger partial charge in [0.2, 0.25) is 0 Å². The van der Waals surface area contributed by atoms with E-state index in [1.807, 2.05) is 13.8 Å².